The van der Waals surface area contributed by atoms with Gasteiger partial charge in [0.1, 0.15) is 0 Å². The van der Waals surface area contributed by atoms with Gasteiger partial charge in [0.15, 0.2) is 0 Å². The lowest BCUT2D eigenvalue weighted by atomic mass is 9.83. The van der Waals surface area contributed by atoms with E-state index in [0.29, 0.717) is 25.5 Å². The van der Waals surface area contributed by atoms with Crippen LogP contribution >= 0.6 is 0 Å². The van der Waals surface area contributed by atoms with Gasteiger partial charge in [0.25, 0.3) is 0 Å². The van der Waals surface area contributed by atoms with Gasteiger partial charge in [0.05, 0.1) is 5.60 Å². The van der Waals surface area contributed by atoms with Crippen LogP contribution < -0.4 is 5.32 Å². The molecule has 112 valence electrons. The minimum Gasteiger partial charge on any atom is -0.389 e. The second-order valence-corrected chi connectivity index (χ2v) is 6.16. The molecule has 1 aliphatic carbocycles. The molecule has 0 radical (unpaired) electrons. The van der Waals surface area contributed by atoms with E-state index in [9.17, 15) is 5.11 Å². The van der Waals surface area contributed by atoms with E-state index in [0.717, 1.165) is 6.54 Å². The minimum absolute atomic E-state index is 0.582. The quantitative estimate of drug-likeness (QED) is 0.804. The van der Waals surface area contributed by atoms with Gasteiger partial charge in [-0.1, -0.05) is 24.3 Å². The predicted molar refractivity (Wildman–Crippen MR) is 82.1 cm³/mol. The molecule has 0 aromatic heterocycles. The van der Waals surface area contributed by atoms with E-state index in [1.807, 2.05) is 6.92 Å². The molecule has 2 N–H and O–H groups in total. The molecule has 0 saturated heterocycles. The normalized spacial score (nSPS) is 21.2. The molecule has 0 heterocycles. The number of aliphatic hydroxyl groups is 1. The summed E-state index contributed by atoms with van der Waals surface area (Å²) in [7, 11) is 1.67. The summed E-state index contributed by atoms with van der Waals surface area (Å²) in [6.45, 7) is 4.03. The van der Waals surface area contributed by atoms with Crippen LogP contribution in [0.25, 0.3) is 0 Å². The molecule has 3 nitrogen and oxygen atoms in total. The molecule has 0 aliphatic heterocycles. The first kappa shape index (κ1) is 15.5. The number of benzene rings is 1. The number of aryl methyl sites for hydroxylation is 1. The summed E-state index contributed by atoms with van der Waals surface area (Å²) in [4.78, 5) is 0. The molecule has 0 amide bonds. The van der Waals surface area contributed by atoms with Crippen molar-refractivity contribution in [2.75, 3.05) is 26.8 Å². The standard InChI is InChI=1S/C17H27NO2/c1-17(19,10-11-20-2)13-18-12-15-8-5-7-14-6-3-4-9-16(14)15/h3-4,6,9,15,18-19H,5,7-8,10-13H2,1-2H3. The van der Waals surface area contributed by atoms with Crippen molar-refractivity contribution in [2.45, 2.75) is 44.1 Å². The highest BCUT2D eigenvalue weighted by Crippen LogP contribution is 2.30. The highest BCUT2D eigenvalue weighted by molar-refractivity contribution is 5.32. The van der Waals surface area contributed by atoms with Gasteiger partial charge in [-0.05, 0) is 43.2 Å². The fraction of sp³-hybridized carbons (Fsp3) is 0.647. The molecule has 1 aromatic carbocycles. The van der Waals surface area contributed by atoms with Crippen molar-refractivity contribution in [2.24, 2.45) is 0 Å². The highest BCUT2D eigenvalue weighted by atomic mass is 16.5. The third-order valence-electron chi connectivity index (χ3n) is 4.23. The van der Waals surface area contributed by atoms with Gasteiger partial charge in [-0.2, -0.15) is 0 Å². The van der Waals surface area contributed by atoms with Gasteiger partial charge in [0.2, 0.25) is 0 Å². The van der Waals surface area contributed by atoms with E-state index in [1.54, 1.807) is 7.11 Å². The Morgan fingerprint density at radius 3 is 3.00 bits per heavy atom. The Balaban J connectivity index is 1.83. The molecular weight excluding hydrogens is 250 g/mol. The van der Waals surface area contributed by atoms with Gasteiger partial charge in [-0.15, -0.1) is 0 Å². The zero-order chi connectivity index (χ0) is 14.4. The Labute approximate surface area is 122 Å². The van der Waals surface area contributed by atoms with Gasteiger partial charge < -0.3 is 15.2 Å². The van der Waals surface area contributed by atoms with Crippen LogP contribution in [0, 0.1) is 0 Å². The van der Waals surface area contributed by atoms with Crippen molar-refractivity contribution in [3.05, 3.63) is 35.4 Å². The van der Waals surface area contributed by atoms with Crippen LogP contribution in [-0.4, -0.2) is 37.5 Å². The molecule has 2 atom stereocenters. The van der Waals surface area contributed by atoms with E-state index in [1.165, 1.54) is 30.4 Å². The molecule has 1 aromatic rings. The number of rotatable bonds is 7. The molecule has 2 unspecified atom stereocenters. The third kappa shape index (κ3) is 4.30. The number of nitrogens with one attached hydrogen (secondary N) is 1. The third-order valence-corrected chi connectivity index (χ3v) is 4.23. The summed E-state index contributed by atoms with van der Waals surface area (Å²) in [6, 6.07) is 8.76. The monoisotopic (exact) mass is 277 g/mol. The second-order valence-electron chi connectivity index (χ2n) is 6.16. The van der Waals surface area contributed by atoms with Gasteiger partial charge in [-0.25, -0.2) is 0 Å². The maximum atomic E-state index is 10.2. The van der Waals surface area contributed by atoms with E-state index >= 15 is 0 Å². The lowest BCUT2D eigenvalue weighted by molar-refractivity contribution is 0.0248. The van der Waals surface area contributed by atoms with Gasteiger partial charge >= 0.3 is 0 Å². The Morgan fingerprint density at radius 1 is 1.40 bits per heavy atom. The van der Waals surface area contributed by atoms with E-state index in [-0.39, 0.29) is 0 Å². The fourth-order valence-electron chi connectivity index (χ4n) is 2.99. The zero-order valence-corrected chi connectivity index (χ0v) is 12.7. The Morgan fingerprint density at radius 2 is 2.20 bits per heavy atom. The van der Waals surface area contributed by atoms with E-state index < -0.39 is 5.60 Å². The molecule has 2 rings (SSSR count). The van der Waals surface area contributed by atoms with Crippen LogP contribution in [0.5, 0.6) is 0 Å². The number of ether oxygens (including phenoxy) is 1. The molecule has 3 heteroatoms. The summed E-state index contributed by atoms with van der Waals surface area (Å²) in [5.41, 5.74) is 2.30. The summed E-state index contributed by atoms with van der Waals surface area (Å²) in [6.07, 6.45) is 4.38. The Bertz CT molecular complexity index is 417. The van der Waals surface area contributed by atoms with Gasteiger partial charge in [-0.3, -0.25) is 0 Å². The molecular formula is C17H27NO2. The molecule has 0 bridgehead atoms. The summed E-state index contributed by atoms with van der Waals surface area (Å²) in [5, 5.41) is 13.7. The summed E-state index contributed by atoms with van der Waals surface area (Å²) < 4.78 is 5.03. The van der Waals surface area contributed by atoms with Crippen molar-refractivity contribution >= 4 is 0 Å². The van der Waals surface area contributed by atoms with Crippen LogP contribution in [0.1, 0.15) is 43.2 Å². The van der Waals surface area contributed by atoms with Crippen LogP contribution in [0.4, 0.5) is 0 Å². The Hall–Kier alpha value is -0.900. The molecule has 0 spiro atoms. The highest BCUT2D eigenvalue weighted by Gasteiger charge is 2.22. The average molecular weight is 277 g/mol. The van der Waals surface area contributed by atoms with Crippen molar-refractivity contribution < 1.29 is 9.84 Å². The lowest BCUT2D eigenvalue weighted by Gasteiger charge is -2.28. The second kappa shape index (κ2) is 7.21. The first-order valence-corrected chi connectivity index (χ1v) is 7.62. The average Bonchev–Trinajstić information content (AvgIpc) is 2.45. The van der Waals surface area contributed by atoms with E-state index in [4.69, 9.17) is 4.74 Å². The van der Waals surface area contributed by atoms with Crippen molar-refractivity contribution in [3.8, 4) is 0 Å². The summed E-state index contributed by atoms with van der Waals surface area (Å²) in [5.74, 6) is 0.582. The number of methoxy groups -OCH3 is 1. The molecule has 0 saturated carbocycles. The maximum Gasteiger partial charge on any atom is 0.0765 e. The molecule has 1 aliphatic rings. The first-order valence-electron chi connectivity index (χ1n) is 7.62. The predicted octanol–water partition coefficient (Wildman–Crippen LogP) is 2.48. The van der Waals surface area contributed by atoms with Crippen LogP contribution in [-0.2, 0) is 11.2 Å². The van der Waals surface area contributed by atoms with Gasteiger partial charge in [0, 0.05) is 33.2 Å². The Kier molecular flexibility index (Phi) is 5.58. The van der Waals surface area contributed by atoms with Crippen molar-refractivity contribution in [1.29, 1.82) is 0 Å². The largest absolute Gasteiger partial charge is 0.389 e. The fourth-order valence-corrected chi connectivity index (χ4v) is 2.99. The van der Waals surface area contributed by atoms with Crippen molar-refractivity contribution in [1.82, 2.24) is 5.32 Å². The number of hydrogen-bond acceptors (Lipinski definition) is 3. The minimum atomic E-state index is -0.690. The number of hydrogen-bond donors (Lipinski definition) is 2. The first-order chi connectivity index (χ1) is 9.62. The number of fused-ring (bicyclic) bond motifs is 1. The van der Waals surface area contributed by atoms with Crippen LogP contribution in [0.2, 0.25) is 0 Å². The van der Waals surface area contributed by atoms with Crippen LogP contribution in [0.3, 0.4) is 0 Å². The SMILES string of the molecule is COCCC(C)(O)CNCC1CCCc2ccccc21. The van der Waals surface area contributed by atoms with Crippen molar-refractivity contribution in [3.63, 3.8) is 0 Å². The molecule has 20 heavy (non-hydrogen) atoms. The topological polar surface area (TPSA) is 41.5 Å². The van der Waals surface area contributed by atoms with Crippen LogP contribution in [0.15, 0.2) is 24.3 Å². The smallest absolute Gasteiger partial charge is 0.0765 e. The summed E-state index contributed by atoms with van der Waals surface area (Å²) >= 11 is 0. The lowest BCUT2D eigenvalue weighted by Crippen LogP contribution is -2.40. The molecule has 0 fully saturated rings. The zero-order valence-electron chi connectivity index (χ0n) is 12.7. The van der Waals surface area contributed by atoms with E-state index in [2.05, 4.69) is 29.6 Å². The maximum absolute atomic E-state index is 10.2.